The number of aromatic nitrogens is 1. The molecule has 5 nitrogen and oxygen atoms in total. The lowest BCUT2D eigenvalue weighted by atomic mass is 10.4. The molecule has 1 rings (SSSR count). The van der Waals surface area contributed by atoms with Gasteiger partial charge in [0, 0.05) is 0 Å². The van der Waals surface area contributed by atoms with Crippen LogP contribution < -0.4 is 4.74 Å². The average molecular weight is 189 g/mol. The molecule has 0 aliphatic heterocycles. The van der Waals surface area contributed by atoms with Gasteiger partial charge in [-0.05, 0) is 0 Å². The quantitative estimate of drug-likeness (QED) is 0.402. The lowest BCUT2D eigenvalue weighted by molar-refractivity contribution is -0.385. The fourth-order valence-electron chi connectivity index (χ4n) is 0.658. The molecule has 0 aliphatic rings. The summed E-state index contributed by atoms with van der Waals surface area (Å²) in [6.07, 6.45) is 1.31. The normalized spacial score (nSPS) is 9.50. The van der Waals surface area contributed by atoms with Crippen molar-refractivity contribution in [3.63, 3.8) is 0 Å². The summed E-state index contributed by atoms with van der Waals surface area (Å²) in [5.41, 5.74) is -0.254. The zero-order valence-electron chi connectivity index (χ0n) is 6.15. The molecule has 1 heterocycles. The molecule has 0 bridgehead atoms. The molecule has 0 saturated carbocycles. The molecule has 0 fully saturated rings. The molecule has 0 amide bonds. The van der Waals surface area contributed by atoms with E-state index in [4.69, 9.17) is 16.3 Å². The number of rotatable bonds is 2. The third-order valence-electron chi connectivity index (χ3n) is 1.23. The monoisotopic (exact) mass is 188 g/mol. The Hall–Kier alpha value is -1.36. The molecule has 6 heteroatoms. The van der Waals surface area contributed by atoms with Gasteiger partial charge in [0.05, 0.1) is 24.3 Å². The smallest absolute Gasteiger partial charge is 0.310 e. The Balaban J connectivity index is 3.17. The molecule has 0 aliphatic carbocycles. The first-order valence-corrected chi connectivity index (χ1v) is 3.37. The summed E-state index contributed by atoms with van der Waals surface area (Å²) in [6.45, 7) is 0. The van der Waals surface area contributed by atoms with Gasteiger partial charge in [-0.15, -0.1) is 0 Å². The molecule has 12 heavy (non-hydrogen) atoms. The summed E-state index contributed by atoms with van der Waals surface area (Å²) in [5, 5.41) is 10.2. The highest BCUT2D eigenvalue weighted by Crippen LogP contribution is 2.25. The summed E-state index contributed by atoms with van der Waals surface area (Å²) in [4.78, 5) is 13.3. The number of pyridine rings is 1. The molecule has 0 radical (unpaired) electrons. The number of methoxy groups -OCH3 is 1. The van der Waals surface area contributed by atoms with Crippen LogP contribution in [0, 0.1) is 10.1 Å². The van der Waals surface area contributed by atoms with E-state index in [0.29, 0.717) is 5.75 Å². The zero-order valence-corrected chi connectivity index (χ0v) is 6.91. The highest BCUT2D eigenvalue weighted by molar-refractivity contribution is 6.31. The minimum Gasteiger partial charge on any atom is -0.495 e. The van der Waals surface area contributed by atoms with Crippen molar-refractivity contribution in [1.82, 2.24) is 4.98 Å². The summed E-state index contributed by atoms with van der Waals surface area (Å²) < 4.78 is 4.73. The van der Waals surface area contributed by atoms with E-state index in [-0.39, 0.29) is 10.8 Å². The second-order valence-corrected chi connectivity index (χ2v) is 2.30. The van der Waals surface area contributed by atoms with Crippen LogP contribution >= 0.6 is 11.6 Å². The van der Waals surface area contributed by atoms with Crippen molar-refractivity contribution in [1.29, 1.82) is 0 Å². The van der Waals surface area contributed by atoms with E-state index in [9.17, 15) is 10.1 Å². The number of hydrogen-bond donors (Lipinski definition) is 0. The molecule has 0 spiro atoms. The van der Waals surface area contributed by atoms with Gasteiger partial charge in [-0.3, -0.25) is 10.1 Å². The SMILES string of the molecule is COc1cnc(Cl)c([N+](=O)[O-])c1. The predicted molar refractivity (Wildman–Crippen MR) is 42.5 cm³/mol. The Morgan fingerprint density at radius 1 is 1.75 bits per heavy atom. The number of nitrogens with zero attached hydrogens (tertiary/aromatic N) is 2. The second-order valence-electron chi connectivity index (χ2n) is 1.94. The Labute approximate surface area is 73.1 Å². The standard InChI is InChI=1S/C6H5ClN2O3/c1-12-4-2-5(9(10)11)6(7)8-3-4/h2-3H,1H3. The third kappa shape index (κ3) is 1.62. The molecular formula is C6H5ClN2O3. The maximum atomic E-state index is 10.3. The van der Waals surface area contributed by atoms with E-state index in [1.54, 1.807) is 0 Å². The number of hydrogen-bond acceptors (Lipinski definition) is 4. The molecule has 1 aromatic heterocycles. The van der Waals surface area contributed by atoms with Crippen LogP contribution in [-0.4, -0.2) is 17.0 Å². The van der Waals surface area contributed by atoms with Crippen molar-refractivity contribution in [2.24, 2.45) is 0 Å². The molecule has 0 atom stereocenters. The van der Waals surface area contributed by atoms with Gasteiger partial charge >= 0.3 is 5.69 Å². The van der Waals surface area contributed by atoms with Crippen LogP contribution in [0.2, 0.25) is 5.15 Å². The first-order chi connectivity index (χ1) is 5.65. The second kappa shape index (κ2) is 3.36. The van der Waals surface area contributed by atoms with Crippen molar-refractivity contribution >= 4 is 17.3 Å². The molecule has 0 saturated heterocycles. The predicted octanol–water partition coefficient (Wildman–Crippen LogP) is 1.65. The van der Waals surface area contributed by atoms with Gasteiger partial charge in [-0.25, -0.2) is 4.98 Å². The van der Waals surface area contributed by atoms with Crippen LogP contribution in [-0.2, 0) is 0 Å². The van der Waals surface area contributed by atoms with Crippen LogP contribution in [0.1, 0.15) is 0 Å². The fourth-order valence-corrected chi connectivity index (χ4v) is 0.830. The van der Waals surface area contributed by atoms with Crippen LogP contribution in [0.5, 0.6) is 5.75 Å². The molecule has 0 unspecified atom stereocenters. The van der Waals surface area contributed by atoms with E-state index in [1.165, 1.54) is 19.4 Å². The van der Waals surface area contributed by atoms with Gasteiger partial charge < -0.3 is 4.74 Å². The molecule has 1 aromatic rings. The van der Waals surface area contributed by atoms with Gasteiger partial charge in [-0.2, -0.15) is 0 Å². The molecule has 64 valence electrons. The van der Waals surface area contributed by atoms with Crippen LogP contribution in [0.15, 0.2) is 12.3 Å². The highest BCUT2D eigenvalue weighted by atomic mass is 35.5. The summed E-state index contributed by atoms with van der Waals surface area (Å²) in [7, 11) is 1.40. The van der Waals surface area contributed by atoms with Gasteiger partial charge in [0.1, 0.15) is 5.75 Å². The molecule has 0 N–H and O–H groups in total. The Morgan fingerprint density at radius 2 is 2.42 bits per heavy atom. The van der Waals surface area contributed by atoms with Crippen molar-refractivity contribution < 1.29 is 9.66 Å². The average Bonchev–Trinajstić information content (AvgIpc) is 2.05. The molecular weight excluding hydrogens is 184 g/mol. The maximum Gasteiger partial charge on any atom is 0.310 e. The minimum atomic E-state index is -0.613. The van der Waals surface area contributed by atoms with Crippen LogP contribution in [0.3, 0.4) is 0 Å². The molecule has 0 aromatic carbocycles. The number of ether oxygens (including phenoxy) is 1. The first-order valence-electron chi connectivity index (χ1n) is 2.99. The lowest BCUT2D eigenvalue weighted by Gasteiger charge is -1.98. The largest absolute Gasteiger partial charge is 0.495 e. The minimum absolute atomic E-state index is 0.138. The van der Waals surface area contributed by atoms with Gasteiger partial charge in [0.15, 0.2) is 0 Å². The topological polar surface area (TPSA) is 65.3 Å². The van der Waals surface area contributed by atoms with Crippen molar-refractivity contribution in [3.8, 4) is 5.75 Å². The summed E-state index contributed by atoms with van der Waals surface area (Å²) >= 11 is 5.44. The van der Waals surface area contributed by atoms with Crippen molar-refractivity contribution in [2.75, 3.05) is 7.11 Å². The van der Waals surface area contributed by atoms with Gasteiger partial charge in [0.25, 0.3) is 0 Å². The zero-order chi connectivity index (χ0) is 9.14. The van der Waals surface area contributed by atoms with E-state index in [2.05, 4.69) is 4.98 Å². The van der Waals surface area contributed by atoms with E-state index >= 15 is 0 Å². The fraction of sp³-hybridized carbons (Fsp3) is 0.167. The highest BCUT2D eigenvalue weighted by Gasteiger charge is 2.14. The van der Waals surface area contributed by atoms with Crippen LogP contribution in [0.4, 0.5) is 5.69 Å². The van der Waals surface area contributed by atoms with E-state index in [0.717, 1.165) is 0 Å². The van der Waals surface area contributed by atoms with Crippen LogP contribution in [0.25, 0.3) is 0 Å². The Morgan fingerprint density at radius 3 is 2.92 bits per heavy atom. The van der Waals surface area contributed by atoms with E-state index in [1.807, 2.05) is 0 Å². The third-order valence-corrected chi connectivity index (χ3v) is 1.52. The van der Waals surface area contributed by atoms with Gasteiger partial charge in [0.2, 0.25) is 5.15 Å². The first kappa shape index (κ1) is 8.73. The van der Waals surface area contributed by atoms with E-state index < -0.39 is 4.92 Å². The number of nitro groups is 1. The Bertz CT molecular complexity index is 316. The Kier molecular flexibility index (Phi) is 2.44. The summed E-state index contributed by atoms with van der Waals surface area (Å²) in [5.74, 6) is 0.311. The van der Waals surface area contributed by atoms with Crippen molar-refractivity contribution in [3.05, 3.63) is 27.5 Å². The van der Waals surface area contributed by atoms with Gasteiger partial charge in [-0.1, -0.05) is 11.6 Å². The summed E-state index contributed by atoms with van der Waals surface area (Å²) in [6, 6.07) is 1.22. The number of halogens is 1. The van der Waals surface area contributed by atoms with Crippen molar-refractivity contribution in [2.45, 2.75) is 0 Å². The lowest BCUT2D eigenvalue weighted by Crippen LogP contribution is -1.92. The maximum absolute atomic E-state index is 10.3.